The highest BCUT2D eigenvalue weighted by atomic mass is 19.1. The van der Waals surface area contributed by atoms with E-state index in [0.29, 0.717) is 11.8 Å². The van der Waals surface area contributed by atoms with Crippen LogP contribution >= 0.6 is 0 Å². The van der Waals surface area contributed by atoms with Gasteiger partial charge in [-0.15, -0.1) is 0 Å². The van der Waals surface area contributed by atoms with E-state index in [2.05, 4.69) is 19.2 Å². The third-order valence-corrected chi connectivity index (χ3v) is 2.94. The first-order valence-electron chi connectivity index (χ1n) is 6.69. The van der Waals surface area contributed by atoms with Gasteiger partial charge >= 0.3 is 0 Å². The summed E-state index contributed by atoms with van der Waals surface area (Å²) in [5, 5.41) is 3.38. The fourth-order valence-corrected chi connectivity index (χ4v) is 1.87. The zero-order chi connectivity index (χ0) is 13.4. The van der Waals surface area contributed by atoms with Gasteiger partial charge in [0, 0.05) is 12.1 Å². The molecule has 0 amide bonds. The number of hydrogen-bond donors (Lipinski definition) is 1. The van der Waals surface area contributed by atoms with Gasteiger partial charge in [-0.3, -0.25) is 0 Å². The third-order valence-electron chi connectivity index (χ3n) is 2.94. The Hall–Kier alpha value is -1.09. The summed E-state index contributed by atoms with van der Waals surface area (Å²) in [6.45, 7) is 5.34. The number of ether oxygens (including phenoxy) is 1. The predicted octanol–water partition coefficient (Wildman–Crippen LogP) is 3.55. The van der Waals surface area contributed by atoms with Crippen LogP contribution in [-0.4, -0.2) is 19.7 Å². The van der Waals surface area contributed by atoms with Crippen LogP contribution in [0.3, 0.4) is 0 Å². The maximum atomic E-state index is 13.6. The topological polar surface area (TPSA) is 21.3 Å². The molecule has 0 spiro atoms. The Balaban J connectivity index is 2.23. The molecule has 102 valence electrons. The smallest absolute Gasteiger partial charge is 0.130 e. The van der Waals surface area contributed by atoms with Crippen LogP contribution in [0.2, 0.25) is 0 Å². The highest BCUT2D eigenvalue weighted by Crippen LogP contribution is 2.18. The minimum absolute atomic E-state index is 0.158. The highest BCUT2D eigenvalue weighted by Gasteiger charge is 2.03. The van der Waals surface area contributed by atoms with E-state index in [0.717, 1.165) is 37.8 Å². The molecule has 0 bridgehead atoms. The second kappa shape index (κ2) is 8.09. The molecule has 1 N–H and O–H groups in total. The minimum Gasteiger partial charge on any atom is -0.497 e. The van der Waals surface area contributed by atoms with Gasteiger partial charge in [-0.2, -0.15) is 0 Å². The van der Waals surface area contributed by atoms with Crippen molar-refractivity contribution in [3.8, 4) is 5.75 Å². The van der Waals surface area contributed by atoms with Gasteiger partial charge in [-0.1, -0.05) is 26.3 Å². The van der Waals surface area contributed by atoms with Gasteiger partial charge < -0.3 is 10.1 Å². The maximum absolute atomic E-state index is 13.6. The zero-order valence-corrected chi connectivity index (χ0v) is 11.6. The second-order valence-electron chi connectivity index (χ2n) is 4.88. The molecule has 0 saturated carbocycles. The lowest BCUT2D eigenvalue weighted by atomic mass is 10.1. The van der Waals surface area contributed by atoms with E-state index < -0.39 is 0 Å². The predicted molar refractivity (Wildman–Crippen MR) is 73.6 cm³/mol. The molecule has 0 aliphatic rings. The standard InChI is InChI=1S/C15H24FNO/c1-12(2)17-10-6-4-5-7-13-8-9-14(18-3)11-15(13)16/h8-9,11-12,17H,4-7,10H2,1-3H3. The summed E-state index contributed by atoms with van der Waals surface area (Å²) < 4.78 is 18.6. The van der Waals surface area contributed by atoms with Crippen LogP contribution in [0.1, 0.15) is 38.7 Å². The summed E-state index contributed by atoms with van der Waals surface area (Å²) in [7, 11) is 1.55. The van der Waals surface area contributed by atoms with Crippen molar-refractivity contribution in [3.05, 3.63) is 29.6 Å². The molecule has 0 fully saturated rings. The lowest BCUT2D eigenvalue weighted by molar-refractivity contribution is 0.410. The largest absolute Gasteiger partial charge is 0.497 e. The van der Waals surface area contributed by atoms with Gasteiger partial charge in [0.1, 0.15) is 11.6 Å². The Morgan fingerprint density at radius 3 is 2.61 bits per heavy atom. The minimum atomic E-state index is -0.158. The van der Waals surface area contributed by atoms with Crippen LogP contribution in [-0.2, 0) is 6.42 Å². The van der Waals surface area contributed by atoms with Crippen molar-refractivity contribution < 1.29 is 9.13 Å². The molecule has 0 unspecified atom stereocenters. The molecular weight excluding hydrogens is 229 g/mol. The van der Waals surface area contributed by atoms with Gasteiger partial charge in [0.2, 0.25) is 0 Å². The SMILES string of the molecule is COc1ccc(CCCCCNC(C)C)c(F)c1. The molecule has 1 rings (SSSR count). The monoisotopic (exact) mass is 253 g/mol. The Morgan fingerprint density at radius 2 is 2.00 bits per heavy atom. The van der Waals surface area contributed by atoms with Crippen LogP contribution < -0.4 is 10.1 Å². The van der Waals surface area contributed by atoms with Gasteiger partial charge in [0.25, 0.3) is 0 Å². The Labute approximate surface area is 110 Å². The molecule has 0 aliphatic carbocycles. The van der Waals surface area contributed by atoms with Crippen molar-refractivity contribution in [2.45, 2.75) is 45.6 Å². The zero-order valence-electron chi connectivity index (χ0n) is 11.6. The molecule has 1 aromatic rings. The summed E-state index contributed by atoms with van der Waals surface area (Å²) >= 11 is 0. The van der Waals surface area contributed by atoms with Crippen LogP contribution in [0, 0.1) is 5.82 Å². The van der Waals surface area contributed by atoms with Crippen molar-refractivity contribution in [2.75, 3.05) is 13.7 Å². The molecule has 1 aromatic carbocycles. The molecule has 0 radical (unpaired) electrons. The van der Waals surface area contributed by atoms with Crippen molar-refractivity contribution in [1.29, 1.82) is 0 Å². The van der Waals surface area contributed by atoms with E-state index in [1.807, 2.05) is 12.1 Å². The van der Waals surface area contributed by atoms with E-state index in [4.69, 9.17) is 4.74 Å². The van der Waals surface area contributed by atoms with Gasteiger partial charge in [-0.05, 0) is 37.4 Å². The summed E-state index contributed by atoms with van der Waals surface area (Å²) in [4.78, 5) is 0. The molecule has 0 heterocycles. The van der Waals surface area contributed by atoms with Crippen LogP contribution in [0.15, 0.2) is 18.2 Å². The molecule has 0 atom stereocenters. The van der Waals surface area contributed by atoms with Crippen LogP contribution in [0.5, 0.6) is 5.75 Å². The highest BCUT2D eigenvalue weighted by molar-refractivity contribution is 5.28. The summed E-state index contributed by atoms with van der Waals surface area (Å²) in [5.74, 6) is 0.423. The molecular formula is C15H24FNO. The molecule has 2 nitrogen and oxygen atoms in total. The number of rotatable bonds is 8. The number of halogens is 1. The molecule has 0 aliphatic heterocycles. The molecule has 3 heteroatoms. The molecule has 0 saturated heterocycles. The van der Waals surface area contributed by atoms with E-state index >= 15 is 0 Å². The quantitative estimate of drug-likeness (QED) is 0.715. The fourth-order valence-electron chi connectivity index (χ4n) is 1.87. The van der Waals surface area contributed by atoms with Gasteiger partial charge in [0.15, 0.2) is 0 Å². The third kappa shape index (κ3) is 5.50. The van der Waals surface area contributed by atoms with E-state index in [-0.39, 0.29) is 5.82 Å². The number of hydrogen-bond acceptors (Lipinski definition) is 2. The van der Waals surface area contributed by atoms with Crippen molar-refractivity contribution >= 4 is 0 Å². The Kier molecular flexibility index (Phi) is 6.73. The van der Waals surface area contributed by atoms with Crippen LogP contribution in [0.25, 0.3) is 0 Å². The lowest BCUT2D eigenvalue weighted by Gasteiger charge is -2.08. The molecule has 18 heavy (non-hydrogen) atoms. The summed E-state index contributed by atoms with van der Waals surface area (Å²) in [6, 6.07) is 5.64. The van der Waals surface area contributed by atoms with E-state index in [9.17, 15) is 4.39 Å². The lowest BCUT2D eigenvalue weighted by Crippen LogP contribution is -2.23. The Morgan fingerprint density at radius 1 is 1.22 bits per heavy atom. The number of benzene rings is 1. The number of aryl methyl sites for hydroxylation is 1. The average Bonchev–Trinajstić information content (AvgIpc) is 2.34. The maximum Gasteiger partial charge on any atom is 0.130 e. The van der Waals surface area contributed by atoms with Gasteiger partial charge in [-0.25, -0.2) is 4.39 Å². The Bertz CT molecular complexity index is 352. The number of nitrogens with one attached hydrogen (secondary N) is 1. The van der Waals surface area contributed by atoms with Gasteiger partial charge in [0.05, 0.1) is 7.11 Å². The number of unbranched alkanes of at least 4 members (excludes halogenated alkanes) is 2. The van der Waals surface area contributed by atoms with E-state index in [1.54, 1.807) is 7.11 Å². The number of methoxy groups -OCH3 is 1. The van der Waals surface area contributed by atoms with Crippen molar-refractivity contribution in [3.63, 3.8) is 0 Å². The van der Waals surface area contributed by atoms with E-state index in [1.165, 1.54) is 6.07 Å². The normalized spacial score (nSPS) is 10.9. The first-order valence-corrected chi connectivity index (χ1v) is 6.69. The molecule has 0 aromatic heterocycles. The second-order valence-corrected chi connectivity index (χ2v) is 4.88. The fraction of sp³-hybridized carbons (Fsp3) is 0.600. The van der Waals surface area contributed by atoms with Crippen molar-refractivity contribution in [1.82, 2.24) is 5.32 Å². The summed E-state index contributed by atoms with van der Waals surface area (Å²) in [6.07, 6.45) is 4.11. The first kappa shape index (κ1) is 15.0. The van der Waals surface area contributed by atoms with Crippen molar-refractivity contribution in [2.24, 2.45) is 0 Å². The average molecular weight is 253 g/mol. The van der Waals surface area contributed by atoms with Crippen LogP contribution in [0.4, 0.5) is 4.39 Å². The summed E-state index contributed by atoms with van der Waals surface area (Å²) in [5.41, 5.74) is 0.785. The first-order chi connectivity index (χ1) is 8.63.